The van der Waals surface area contributed by atoms with Gasteiger partial charge in [0.15, 0.2) is 12.0 Å². The van der Waals surface area contributed by atoms with Crippen molar-refractivity contribution < 1.29 is 45.4 Å². The van der Waals surface area contributed by atoms with Crippen LogP contribution in [0.1, 0.15) is 26.7 Å². The van der Waals surface area contributed by atoms with Gasteiger partial charge in [0.2, 0.25) is 12.1 Å². The number of carbonyl (C=O) groups excluding carboxylic acids is 2. The molecule has 9 nitrogen and oxygen atoms in total. The molecule has 0 aliphatic rings. The quantitative estimate of drug-likeness (QED) is 0.0907. The Balaban J connectivity index is 5.20. The van der Waals surface area contributed by atoms with Crippen LogP contribution in [0.2, 0.25) is 0 Å². The van der Waals surface area contributed by atoms with E-state index in [1.165, 1.54) is 27.2 Å². The number of nitriles is 1. The standard InChI is InChI=1S/C16H23F6N5O4/c1-14(2,30-3)12(29)27-9(5-4-6-25-13(24)26-8-23)10(28)7-31-11(15(17,18)19)16(20,21)22/h9,11H,4-7H2,1-3H3,(H,27,29)(H3,24,25,26)/t9-/m0/s1. The molecule has 0 saturated heterocycles. The Bertz CT molecular complexity index is 661. The van der Waals surface area contributed by atoms with E-state index in [9.17, 15) is 35.9 Å². The van der Waals surface area contributed by atoms with E-state index in [1.807, 2.05) is 5.32 Å². The maximum absolute atomic E-state index is 12.6. The predicted molar refractivity (Wildman–Crippen MR) is 93.6 cm³/mol. The van der Waals surface area contributed by atoms with Crippen LogP contribution in [0.15, 0.2) is 0 Å². The molecule has 1 atom stereocenters. The number of carbonyl (C=O) groups is 2. The molecule has 0 aromatic heterocycles. The number of hydrogen-bond acceptors (Lipinski definition) is 6. The molecule has 0 aliphatic carbocycles. The molecule has 0 rings (SSSR count). The summed E-state index contributed by atoms with van der Waals surface area (Å²) in [7, 11) is 1.19. The molecule has 4 N–H and O–H groups in total. The van der Waals surface area contributed by atoms with Crippen LogP contribution in [0.25, 0.3) is 0 Å². The molecule has 0 aromatic carbocycles. The zero-order valence-corrected chi connectivity index (χ0v) is 16.8. The number of ether oxygens (including phenoxy) is 2. The van der Waals surface area contributed by atoms with Crippen molar-refractivity contribution in [2.24, 2.45) is 0 Å². The van der Waals surface area contributed by atoms with Crippen molar-refractivity contribution in [1.29, 1.82) is 10.7 Å². The molecule has 0 bridgehead atoms. The van der Waals surface area contributed by atoms with Gasteiger partial charge in [-0.3, -0.25) is 20.3 Å². The molecule has 31 heavy (non-hydrogen) atoms. The number of guanidine groups is 1. The van der Waals surface area contributed by atoms with Gasteiger partial charge in [0, 0.05) is 13.7 Å². The van der Waals surface area contributed by atoms with Crippen molar-refractivity contribution in [2.45, 2.75) is 56.8 Å². The summed E-state index contributed by atoms with van der Waals surface area (Å²) in [5.74, 6) is -2.41. The van der Waals surface area contributed by atoms with Crippen molar-refractivity contribution in [3.05, 3.63) is 0 Å². The molecule has 0 aromatic rings. The summed E-state index contributed by atoms with van der Waals surface area (Å²) in [6, 6.07) is -1.48. The Labute approximate surface area is 173 Å². The number of hydrogen-bond donors (Lipinski definition) is 4. The lowest BCUT2D eigenvalue weighted by Gasteiger charge is -2.27. The number of halogens is 6. The van der Waals surface area contributed by atoms with Crippen LogP contribution in [0.3, 0.4) is 0 Å². The Morgan fingerprint density at radius 1 is 1.13 bits per heavy atom. The van der Waals surface area contributed by atoms with Gasteiger partial charge < -0.3 is 20.1 Å². The molecule has 0 saturated carbocycles. The normalized spacial score (nSPS) is 13.3. The van der Waals surface area contributed by atoms with Crippen molar-refractivity contribution in [2.75, 3.05) is 20.3 Å². The van der Waals surface area contributed by atoms with E-state index in [1.54, 1.807) is 0 Å². The van der Waals surface area contributed by atoms with Crippen LogP contribution in [-0.2, 0) is 19.1 Å². The Kier molecular flexibility index (Phi) is 10.7. The number of Topliss-reactive ketones (excluding diaryl/α,β-unsaturated/α-hetero) is 1. The SMILES string of the molecule is COC(C)(C)C(=O)N[C@@H](CCCNC(=N)NC#N)C(=O)COC(C(F)(F)F)C(F)(F)F. The molecule has 0 fully saturated rings. The monoisotopic (exact) mass is 463 g/mol. The fourth-order valence-electron chi connectivity index (χ4n) is 2.00. The summed E-state index contributed by atoms with van der Waals surface area (Å²) in [4.78, 5) is 24.5. The first kappa shape index (κ1) is 28.4. The van der Waals surface area contributed by atoms with Crippen molar-refractivity contribution >= 4 is 17.6 Å². The fourth-order valence-corrected chi connectivity index (χ4v) is 2.00. The zero-order valence-electron chi connectivity index (χ0n) is 16.8. The third-order valence-corrected chi connectivity index (χ3v) is 3.89. The molecule has 0 unspecified atom stereocenters. The zero-order chi connectivity index (χ0) is 24.5. The first-order valence-electron chi connectivity index (χ1n) is 8.67. The van der Waals surface area contributed by atoms with E-state index < -0.39 is 48.4 Å². The highest BCUT2D eigenvalue weighted by Gasteiger charge is 2.58. The number of alkyl halides is 6. The molecule has 1 amide bonds. The van der Waals surface area contributed by atoms with Crippen LogP contribution in [-0.4, -0.2) is 68.0 Å². The van der Waals surface area contributed by atoms with Gasteiger partial charge in [0.25, 0.3) is 5.91 Å². The first-order chi connectivity index (χ1) is 14.1. The van der Waals surface area contributed by atoms with Crippen LogP contribution in [0.5, 0.6) is 0 Å². The molecular formula is C16H23F6N5O4. The largest absolute Gasteiger partial charge is 0.423 e. The Morgan fingerprint density at radius 3 is 2.13 bits per heavy atom. The van der Waals surface area contributed by atoms with Gasteiger partial charge in [-0.05, 0) is 26.7 Å². The van der Waals surface area contributed by atoms with Gasteiger partial charge in [-0.25, -0.2) is 0 Å². The summed E-state index contributed by atoms with van der Waals surface area (Å²) in [6.07, 6.45) is -14.4. The molecule has 0 heterocycles. The number of nitrogens with one attached hydrogen (secondary N) is 4. The Morgan fingerprint density at radius 2 is 1.68 bits per heavy atom. The highest BCUT2D eigenvalue weighted by molar-refractivity contribution is 5.92. The number of amides is 1. The van der Waals surface area contributed by atoms with Gasteiger partial charge in [0.05, 0.1) is 6.04 Å². The van der Waals surface area contributed by atoms with Crippen LogP contribution in [0.4, 0.5) is 26.3 Å². The third kappa shape index (κ3) is 10.3. The summed E-state index contributed by atoms with van der Waals surface area (Å²) in [6.45, 7) is 1.12. The number of methoxy groups -OCH3 is 1. The second-order valence-electron chi connectivity index (χ2n) is 6.66. The predicted octanol–water partition coefficient (Wildman–Crippen LogP) is 1.35. The minimum Gasteiger partial charge on any atom is -0.369 e. The lowest BCUT2D eigenvalue weighted by Crippen LogP contribution is -2.52. The van der Waals surface area contributed by atoms with Gasteiger partial charge in [-0.2, -0.15) is 31.6 Å². The summed E-state index contributed by atoms with van der Waals surface area (Å²) < 4.78 is 84.1. The summed E-state index contributed by atoms with van der Waals surface area (Å²) >= 11 is 0. The highest BCUT2D eigenvalue weighted by atomic mass is 19.4. The molecule has 0 spiro atoms. The second-order valence-corrected chi connectivity index (χ2v) is 6.66. The average Bonchev–Trinajstić information content (AvgIpc) is 2.61. The molecule has 0 aliphatic heterocycles. The summed E-state index contributed by atoms with van der Waals surface area (Å²) in [5.41, 5.74) is -1.43. The molecular weight excluding hydrogens is 440 g/mol. The van der Waals surface area contributed by atoms with E-state index in [2.05, 4.69) is 15.4 Å². The van der Waals surface area contributed by atoms with Gasteiger partial charge in [0.1, 0.15) is 12.2 Å². The van der Waals surface area contributed by atoms with Gasteiger partial charge in [-0.1, -0.05) is 0 Å². The maximum Gasteiger partial charge on any atom is 0.423 e. The first-order valence-corrected chi connectivity index (χ1v) is 8.67. The van der Waals surface area contributed by atoms with Crippen molar-refractivity contribution in [3.8, 4) is 6.19 Å². The van der Waals surface area contributed by atoms with Crippen molar-refractivity contribution in [3.63, 3.8) is 0 Å². The lowest BCUT2D eigenvalue weighted by molar-refractivity contribution is -0.319. The topological polar surface area (TPSA) is 136 Å². The van der Waals surface area contributed by atoms with E-state index in [0.717, 1.165) is 0 Å². The van der Waals surface area contributed by atoms with Crippen LogP contribution in [0, 0.1) is 16.9 Å². The number of rotatable bonds is 11. The van der Waals surface area contributed by atoms with Crippen LogP contribution >= 0.6 is 0 Å². The highest BCUT2D eigenvalue weighted by Crippen LogP contribution is 2.35. The average molecular weight is 463 g/mol. The smallest absolute Gasteiger partial charge is 0.369 e. The maximum atomic E-state index is 12.6. The molecule has 0 radical (unpaired) electrons. The second kappa shape index (κ2) is 11.7. The molecule has 15 heteroatoms. The van der Waals surface area contributed by atoms with E-state index in [-0.39, 0.29) is 25.3 Å². The van der Waals surface area contributed by atoms with E-state index in [4.69, 9.17) is 15.4 Å². The van der Waals surface area contributed by atoms with Gasteiger partial charge >= 0.3 is 12.4 Å². The van der Waals surface area contributed by atoms with E-state index >= 15 is 0 Å². The van der Waals surface area contributed by atoms with Gasteiger partial charge in [-0.15, -0.1) is 0 Å². The third-order valence-electron chi connectivity index (χ3n) is 3.89. The van der Waals surface area contributed by atoms with E-state index in [0.29, 0.717) is 0 Å². The minimum atomic E-state index is -5.78. The number of ketones is 1. The minimum absolute atomic E-state index is 0.00934. The summed E-state index contributed by atoms with van der Waals surface area (Å²) in [5, 5.41) is 22.2. The molecule has 178 valence electrons. The van der Waals surface area contributed by atoms with Crippen molar-refractivity contribution in [1.82, 2.24) is 16.0 Å². The lowest BCUT2D eigenvalue weighted by atomic mass is 10.0. The fraction of sp³-hybridized carbons (Fsp3) is 0.750. The van der Waals surface area contributed by atoms with Crippen LogP contribution < -0.4 is 16.0 Å². The number of nitrogens with zero attached hydrogens (tertiary/aromatic N) is 1. The Hall–Kier alpha value is -2.60.